The highest BCUT2D eigenvalue weighted by Gasteiger charge is 2.18. The van der Waals surface area contributed by atoms with Crippen molar-refractivity contribution in [1.82, 2.24) is 10.1 Å². The number of nitrogens with one attached hydrogen (secondary N) is 3. The summed E-state index contributed by atoms with van der Waals surface area (Å²) in [5.74, 6) is -2.24. The van der Waals surface area contributed by atoms with Gasteiger partial charge in [-0.05, 0) is 72.8 Å². The SMILES string of the molecule is CC(=O)N(O)C(=N)c1ccc(Oc2cc(NS(=O)(=O)c3ccc(F)cc3)cc(Oc3ccc(C(=N)N(O)C(C)=O)cc3)c2)cc1. The standard InChI is InChI=1S/C30H26FN5O8S/c1-18(37)35(39)29(32)20-3-9-24(10-4-20)43-26-15-23(34-45(41,42)28-13-7-22(31)8-14-28)16-27(17-26)44-25-11-5-21(6-12-25)30(33)36(40)19(2)38/h3-17,32-34,39-40H,1-2H3. The van der Waals surface area contributed by atoms with Gasteiger partial charge in [-0.2, -0.15) is 10.1 Å². The lowest BCUT2D eigenvalue weighted by Gasteiger charge is -2.16. The number of hydrogen-bond donors (Lipinski definition) is 5. The Morgan fingerprint density at radius 3 is 1.47 bits per heavy atom. The zero-order valence-corrected chi connectivity index (χ0v) is 24.5. The van der Waals surface area contributed by atoms with Crippen LogP contribution in [0.5, 0.6) is 23.0 Å². The number of halogens is 1. The zero-order valence-electron chi connectivity index (χ0n) is 23.7. The second kappa shape index (κ2) is 13.3. The molecule has 0 spiro atoms. The van der Waals surface area contributed by atoms with Crippen molar-refractivity contribution >= 4 is 39.2 Å². The number of ether oxygens (including phenoxy) is 2. The van der Waals surface area contributed by atoms with E-state index < -0.39 is 39.3 Å². The lowest BCUT2D eigenvalue weighted by Crippen LogP contribution is -2.31. The van der Waals surface area contributed by atoms with Gasteiger partial charge in [-0.1, -0.05) is 0 Å². The minimum Gasteiger partial charge on any atom is -0.457 e. The molecule has 0 aromatic heterocycles. The Balaban J connectivity index is 1.63. The fourth-order valence-electron chi connectivity index (χ4n) is 3.77. The number of carbonyl (C=O) groups is 2. The second-order valence-corrected chi connectivity index (χ2v) is 11.0. The monoisotopic (exact) mass is 635 g/mol. The molecule has 15 heteroatoms. The minimum atomic E-state index is -4.16. The minimum absolute atomic E-state index is 0.0263. The number of nitrogens with zero attached hydrogens (tertiary/aromatic N) is 2. The predicted octanol–water partition coefficient (Wildman–Crippen LogP) is 5.34. The van der Waals surface area contributed by atoms with Crippen molar-refractivity contribution in [2.24, 2.45) is 0 Å². The maximum atomic E-state index is 13.4. The number of benzene rings is 4. The number of hydrogen-bond acceptors (Lipinski definition) is 10. The van der Waals surface area contributed by atoms with Crippen LogP contribution in [0.1, 0.15) is 25.0 Å². The summed E-state index contributed by atoms with van der Waals surface area (Å²) >= 11 is 0. The number of amidine groups is 2. The molecule has 2 amide bonds. The van der Waals surface area contributed by atoms with Gasteiger partial charge in [-0.3, -0.25) is 35.5 Å². The van der Waals surface area contributed by atoms with Gasteiger partial charge in [-0.25, -0.2) is 12.8 Å². The van der Waals surface area contributed by atoms with Crippen LogP contribution in [0, 0.1) is 16.6 Å². The van der Waals surface area contributed by atoms with E-state index >= 15 is 0 Å². The lowest BCUT2D eigenvalue weighted by molar-refractivity contribution is -0.147. The van der Waals surface area contributed by atoms with Crippen LogP contribution in [0.25, 0.3) is 0 Å². The number of rotatable bonds is 9. The molecule has 0 aliphatic carbocycles. The molecule has 0 bridgehead atoms. The average molecular weight is 636 g/mol. The van der Waals surface area contributed by atoms with Gasteiger partial charge in [0.15, 0.2) is 11.7 Å². The zero-order chi connectivity index (χ0) is 32.9. The van der Waals surface area contributed by atoms with E-state index in [2.05, 4.69) is 4.72 Å². The van der Waals surface area contributed by atoms with Crippen molar-refractivity contribution in [3.05, 3.63) is 108 Å². The Morgan fingerprint density at radius 1 is 0.689 bits per heavy atom. The third-order valence-electron chi connectivity index (χ3n) is 6.00. The summed E-state index contributed by atoms with van der Waals surface area (Å²) in [5, 5.41) is 35.7. The summed E-state index contributed by atoms with van der Waals surface area (Å²) < 4.78 is 53.6. The molecule has 0 aliphatic rings. The quantitative estimate of drug-likeness (QED) is 0.0704. The third-order valence-corrected chi connectivity index (χ3v) is 7.40. The first-order chi connectivity index (χ1) is 21.2. The lowest BCUT2D eigenvalue weighted by atomic mass is 10.2. The molecule has 0 atom stereocenters. The van der Waals surface area contributed by atoms with Crippen molar-refractivity contribution < 1.29 is 42.3 Å². The first kappa shape index (κ1) is 32.3. The summed E-state index contributed by atoms with van der Waals surface area (Å²) in [6.45, 7) is 2.19. The second-order valence-electron chi connectivity index (χ2n) is 9.36. The van der Waals surface area contributed by atoms with Gasteiger partial charge in [-0.15, -0.1) is 0 Å². The smallest absolute Gasteiger partial charge is 0.261 e. The van der Waals surface area contributed by atoms with E-state index in [0.717, 1.165) is 38.1 Å². The van der Waals surface area contributed by atoms with E-state index in [1.165, 1.54) is 66.7 Å². The molecule has 4 aromatic carbocycles. The topological polar surface area (TPSA) is 193 Å². The number of sulfonamides is 1. The van der Waals surface area contributed by atoms with Crippen LogP contribution in [0.2, 0.25) is 0 Å². The van der Waals surface area contributed by atoms with E-state index in [-0.39, 0.29) is 54.8 Å². The largest absolute Gasteiger partial charge is 0.457 e. The van der Waals surface area contributed by atoms with Gasteiger partial charge >= 0.3 is 0 Å². The molecule has 13 nitrogen and oxygen atoms in total. The summed E-state index contributed by atoms with van der Waals surface area (Å²) in [7, 11) is -4.16. The molecule has 0 radical (unpaired) electrons. The first-order valence-electron chi connectivity index (χ1n) is 12.9. The summed E-state index contributed by atoms with van der Waals surface area (Å²) in [6, 6.07) is 20.0. The Hall–Kier alpha value is -5.64. The fraction of sp³-hybridized carbons (Fsp3) is 0.0667. The Morgan fingerprint density at radius 2 is 1.09 bits per heavy atom. The number of amides is 2. The molecule has 232 valence electrons. The number of hydroxylamine groups is 4. The van der Waals surface area contributed by atoms with Crippen molar-refractivity contribution in [3.8, 4) is 23.0 Å². The number of carbonyl (C=O) groups excluding carboxylic acids is 2. The average Bonchev–Trinajstić information content (AvgIpc) is 3.00. The molecule has 0 heterocycles. The normalized spacial score (nSPS) is 10.9. The summed E-state index contributed by atoms with van der Waals surface area (Å²) in [6.07, 6.45) is 0. The first-order valence-corrected chi connectivity index (χ1v) is 14.4. The van der Waals surface area contributed by atoms with Gasteiger partial charge in [0.05, 0.1) is 10.6 Å². The van der Waals surface area contributed by atoms with Crippen LogP contribution < -0.4 is 14.2 Å². The Labute approximate surface area is 256 Å². The molecule has 0 aliphatic heterocycles. The third kappa shape index (κ3) is 8.05. The highest BCUT2D eigenvalue weighted by Crippen LogP contribution is 2.34. The summed E-state index contributed by atoms with van der Waals surface area (Å²) in [5.41, 5.74) is 0.460. The predicted molar refractivity (Wildman–Crippen MR) is 159 cm³/mol. The molecule has 0 saturated carbocycles. The van der Waals surface area contributed by atoms with E-state index in [1.54, 1.807) is 0 Å². The Bertz CT molecular complexity index is 1770. The highest BCUT2D eigenvalue weighted by molar-refractivity contribution is 7.92. The van der Waals surface area contributed by atoms with Crippen LogP contribution in [0.3, 0.4) is 0 Å². The van der Waals surface area contributed by atoms with Crippen LogP contribution in [0.15, 0.2) is 95.9 Å². The molecule has 0 saturated heterocycles. The van der Waals surface area contributed by atoms with E-state index in [0.29, 0.717) is 0 Å². The van der Waals surface area contributed by atoms with Gasteiger partial charge < -0.3 is 9.47 Å². The molecular weight excluding hydrogens is 609 g/mol. The molecular formula is C30H26FN5O8S. The van der Waals surface area contributed by atoms with Gasteiger partial charge in [0, 0.05) is 43.2 Å². The maximum absolute atomic E-state index is 13.4. The Kier molecular flexibility index (Phi) is 9.57. The molecule has 0 fully saturated rings. The van der Waals surface area contributed by atoms with Crippen molar-refractivity contribution in [3.63, 3.8) is 0 Å². The van der Waals surface area contributed by atoms with Crippen LogP contribution in [0.4, 0.5) is 10.1 Å². The molecule has 0 unspecified atom stereocenters. The van der Waals surface area contributed by atoms with Crippen molar-refractivity contribution in [1.29, 1.82) is 10.8 Å². The van der Waals surface area contributed by atoms with Gasteiger partial charge in [0.25, 0.3) is 10.0 Å². The van der Waals surface area contributed by atoms with E-state index in [1.807, 2.05) is 0 Å². The molecule has 4 aromatic rings. The molecule has 5 N–H and O–H groups in total. The van der Waals surface area contributed by atoms with Crippen LogP contribution in [-0.4, -0.2) is 52.4 Å². The fourth-order valence-corrected chi connectivity index (χ4v) is 4.81. The van der Waals surface area contributed by atoms with E-state index in [4.69, 9.17) is 20.3 Å². The molecule has 45 heavy (non-hydrogen) atoms. The van der Waals surface area contributed by atoms with E-state index in [9.17, 15) is 32.8 Å². The van der Waals surface area contributed by atoms with Crippen molar-refractivity contribution in [2.75, 3.05) is 4.72 Å². The summed E-state index contributed by atoms with van der Waals surface area (Å²) in [4.78, 5) is 22.5. The molecule has 4 rings (SSSR count). The maximum Gasteiger partial charge on any atom is 0.261 e. The number of anilines is 1. The van der Waals surface area contributed by atoms with Gasteiger partial charge in [0.1, 0.15) is 28.8 Å². The highest BCUT2D eigenvalue weighted by atomic mass is 32.2. The van der Waals surface area contributed by atoms with Gasteiger partial charge in [0.2, 0.25) is 11.8 Å². The van der Waals surface area contributed by atoms with Crippen LogP contribution >= 0.6 is 0 Å². The van der Waals surface area contributed by atoms with Crippen molar-refractivity contribution in [2.45, 2.75) is 18.7 Å². The van der Waals surface area contributed by atoms with Crippen LogP contribution in [-0.2, 0) is 19.6 Å².